The van der Waals surface area contributed by atoms with Crippen LogP contribution in [0.3, 0.4) is 0 Å². The van der Waals surface area contributed by atoms with E-state index in [9.17, 15) is 4.39 Å². The molecule has 1 saturated carbocycles. The van der Waals surface area contributed by atoms with E-state index in [0.717, 1.165) is 17.7 Å². The first kappa shape index (κ1) is 16.2. The molecule has 0 heterocycles. The Morgan fingerprint density at radius 1 is 0.800 bits per heavy atom. The number of halogens is 1. The van der Waals surface area contributed by atoms with Crippen molar-refractivity contribution in [3.63, 3.8) is 0 Å². The fraction of sp³-hybridized carbons (Fsp3) is 0.182. The maximum absolute atomic E-state index is 14.3. The highest BCUT2D eigenvalue weighted by Gasteiger charge is 2.41. The lowest BCUT2D eigenvalue weighted by Crippen LogP contribution is -2.14. The molecule has 1 aliphatic rings. The first-order valence-corrected chi connectivity index (χ1v) is 9.70. The molecule has 3 aromatic carbocycles. The average Bonchev–Trinajstić information content (AvgIpc) is 3.37. The quantitative estimate of drug-likeness (QED) is 0.524. The molecule has 3 heteroatoms. The van der Waals surface area contributed by atoms with Crippen molar-refractivity contribution in [3.05, 3.63) is 84.7 Å². The summed E-state index contributed by atoms with van der Waals surface area (Å²) in [6.07, 6.45) is 1.97. The standard InChI is InChI=1S/C22H20FOS/c1-22(14-15-22)24-21-16-19(12-13-20(21)23)25(17-8-4-2-5-9-17)18-10-6-3-7-11-18/h2-13,16H,14-15H2,1H3/q+1. The van der Waals surface area contributed by atoms with Gasteiger partial charge in [-0.2, -0.15) is 0 Å². The maximum atomic E-state index is 14.3. The van der Waals surface area contributed by atoms with E-state index in [2.05, 4.69) is 24.3 Å². The predicted octanol–water partition coefficient (Wildman–Crippen LogP) is 5.85. The highest BCUT2D eigenvalue weighted by atomic mass is 32.2. The minimum Gasteiger partial charge on any atom is -0.484 e. The molecule has 126 valence electrons. The van der Waals surface area contributed by atoms with Gasteiger partial charge in [0.15, 0.2) is 26.3 Å². The molecule has 0 radical (unpaired) electrons. The summed E-state index contributed by atoms with van der Waals surface area (Å²) in [6, 6.07) is 26.0. The van der Waals surface area contributed by atoms with Crippen LogP contribution in [-0.2, 0) is 10.9 Å². The van der Waals surface area contributed by atoms with Gasteiger partial charge in [0.1, 0.15) is 5.60 Å². The summed E-state index contributed by atoms with van der Waals surface area (Å²) in [4.78, 5) is 3.49. The van der Waals surface area contributed by atoms with Crippen LogP contribution in [0.1, 0.15) is 19.8 Å². The third-order valence-electron chi connectivity index (χ3n) is 4.41. The fourth-order valence-corrected chi connectivity index (χ4v) is 4.86. The topological polar surface area (TPSA) is 9.23 Å². The summed E-state index contributed by atoms with van der Waals surface area (Å²) < 4.78 is 20.2. The molecule has 4 rings (SSSR count). The van der Waals surface area contributed by atoms with E-state index in [1.807, 2.05) is 55.5 Å². The second kappa shape index (κ2) is 6.57. The molecule has 25 heavy (non-hydrogen) atoms. The summed E-state index contributed by atoms with van der Waals surface area (Å²) in [6.45, 7) is 2.03. The Morgan fingerprint density at radius 3 is 1.88 bits per heavy atom. The van der Waals surface area contributed by atoms with Crippen LogP contribution in [0, 0.1) is 5.82 Å². The lowest BCUT2D eigenvalue weighted by molar-refractivity contribution is 0.190. The summed E-state index contributed by atoms with van der Waals surface area (Å²) in [5, 5.41) is 0. The predicted molar refractivity (Wildman–Crippen MR) is 99.7 cm³/mol. The van der Waals surface area contributed by atoms with Crippen LogP contribution in [-0.4, -0.2) is 5.60 Å². The van der Waals surface area contributed by atoms with Gasteiger partial charge in [-0.15, -0.1) is 0 Å². The average molecular weight is 351 g/mol. The van der Waals surface area contributed by atoms with Gasteiger partial charge in [-0.05, 0) is 56.2 Å². The van der Waals surface area contributed by atoms with Crippen LogP contribution in [0.15, 0.2) is 93.5 Å². The minimum absolute atomic E-state index is 0.197. The second-order valence-corrected chi connectivity index (χ2v) is 8.60. The number of hydrogen-bond donors (Lipinski definition) is 0. The van der Waals surface area contributed by atoms with Gasteiger partial charge in [0.25, 0.3) is 0 Å². The van der Waals surface area contributed by atoms with E-state index in [4.69, 9.17) is 4.74 Å². The molecule has 0 bridgehead atoms. The molecule has 0 spiro atoms. The number of rotatable bonds is 5. The molecule has 3 aromatic rings. The van der Waals surface area contributed by atoms with E-state index in [1.165, 1.54) is 15.9 Å². The largest absolute Gasteiger partial charge is 0.484 e. The third kappa shape index (κ3) is 3.57. The summed E-state index contributed by atoms with van der Waals surface area (Å²) >= 11 is 0. The molecule has 0 saturated heterocycles. The van der Waals surface area contributed by atoms with Gasteiger partial charge in [0, 0.05) is 6.07 Å². The Bertz CT molecular complexity index is 820. The lowest BCUT2D eigenvalue weighted by Gasteiger charge is -2.14. The highest BCUT2D eigenvalue weighted by molar-refractivity contribution is 7.97. The lowest BCUT2D eigenvalue weighted by atomic mass is 10.3. The molecule has 1 nitrogen and oxygen atoms in total. The first-order chi connectivity index (χ1) is 12.1. The van der Waals surface area contributed by atoms with Crippen LogP contribution < -0.4 is 4.74 Å². The van der Waals surface area contributed by atoms with Crippen LogP contribution >= 0.6 is 0 Å². The second-order valence-electron chi connectivity index (χ2n) is 6.58. The van der Waals surface area contributed by atoms with Crippen molar-refractivity contribution >= 4 is 10.9 Å². The normalized spacial score (nSPS) is 15.2. The van der Waals surface area contributed by atoms with Crippen LogP contribution in [0.25, 0.3) is 0 Å². The molecule has 0 N–H and O–H groups in total. The highest BCUT2D eigenvalue weighted by Crippen LogP contribution is 2.41. The van der Waals surface area contributed by atoms with Gasteiger partial charge in [-0.3, -0.25) is 0 Å². The summed E-state index contributed by atoms with van der Waals surface area (Å²) in [5.74, 6) is 0.0726. The zero-order chi connectivity index (χ0) is 17.3. The third-order valence-corrected chi connectivity index (χ3v) is 6.62. The Labute approximate surface area is 150 Å². The monoisotopic (exact) mass is 351 g/mol. The fourth-order valence-electron chi connectivity index (χ4n) is 2.75. The summed E-state index contributed by atoms with van der Waals surface area (Å²) in [7, 11) is -0.288. The summed E-state index contributed by atoms with van der Waals surface area (Å²) in [5.41, 5.74) is -0.197. The van der Waals surface area contributed by atoms with Gasteiger partial charge in [0.05, 0.1) is 10.9 Å². The van der Waals surface area contributed by atoms with Crippen molar-refractivity contribution in [2.45, 2.75) is 40.1 Å². The molecule has 1 aliphatic carbocycles. The van der Waals surface area contributed by atoms with Crippen LogP contribution in [0.5, 0.6) is 5.75 Å². The van der Waals surface area contributed by atoms with Crippen molar-refractivity contribution in [1.29, 1.82) is 0 Å². The Balaban J connectivity index is 1.78. The molecule has 0 atom stereocenters. The molecule has 0 aliphatic heterocycles. The van der Waals surface area contributed by atoms with Gasteiger partial charge in [-0.1, -0.05) is 36.4 Å². The molecule has 0 amide bonds. The number of hydrogen-bond acceptors (Lipinski definition) is 1. The molecule has 1 fully saturated rings. The van der Waals surface area contributed by atoms with Crippen molar-refractivity contribution in [1.82, 2.24) is 0 Å². The molecule has 0 aromatic heterocycles. The number of ether oxygens (including phenoxy) is 1. The Hall–Kier alpha value is -2.26. The van der Waals surface area contributed by atoms with Gasteiger partial charge < -0.3 is 4.74 Å². The van der Waals surface area contributed by atoms with Gasteiger partial charge >= 0.3 is 0 Å². The molecular weight excluding hydrogens is 331 g/mol. The molecule has 0 unspecified atom stereocenters. The Kier molecular flexibility index (Phi) is 4.26. The maximum Gasteiger partial charge on any atom is 0.170 e. The Morgan fingerprint density at radius 2 is 1.36 bits per heavy atom. The van der Waals surface area contributed by atoms with E-state index in [0.29, 0.717) is 5.75 Å². The van der Waals surface area contributed by atoms with Crippen molar-refractivity contribution < 1.29 is 9.13 Å². The van der Waals surface area contributed by atoms with Gasteiger partial charge in [0.2, 0.25) is 0 Å². The van der Waals surface area contributed by atoms with E-state index in [1.54, 1.807) is 0 Å². The zero-order valence-electron chi connectivity index (χ0n) is 14.1. The molecular formula is C22H20FOS+. The van der Waals surface area contributed by atoms with E-state index in [-0.39, 0.29) is 22.3 Å². The van der Waals surface area contributed by atoms with Gasteiger partial charge in [-0.25, -0.2) is 4.39 Å². The van der Waals surface area contributed by atoms with Crippen molar-refractivity contribution in [3.8, 4) is 5.75 Å². The van der Waals surface area contributed by atoms with Crippen molar-refractivity contribution in [2.75, 3.05) is 0 Å². The van der Waals surface area contributed by atoms with Crippen LogP contribution in [0.2, 0.25) is 0 Å². The van der Waals surface area contributed by atoms with Crippen molar-refractivity contribution in [2.24, 2.45) is 0 Å². The zero-order valence-corrected chi connectivity index (χ0v) is 14.9. The van der Waals surface area contributed by atoms with E-state index < -0.39 is 0 Å². The smallest absolute Gasteiger partial charge is 0.170 e. The SMILES string of the molecule is CC1(Oc2cc([S+](c3ccccc3)c3ccccc3)ccc2F)CC1. The number of benzene rings is 3. The van der Waals surface area contributed by atoms with E-state index >= 15 is 0 Å². The first-order valence-electron chi connectivity index (χ1n) is 8.48. The minimum atomic E-state index is -0.290. The van der Waals surface area contributed by atoms with Crippen LogP contribution in [0.4, 0.5) is 4.39 Å².